The Morgan fingerprint density at radius 3 is 2.43 bits per heavy atom. The first-order valence-electron chi connectivity index (χ1n) is 16.4. The number of nitrogens with zero attached hydrogens (tertiary/aromatic N) is 1. The lowest BCUT2D eigenvalue weighted by molar-refractivity contribution is -0.173. The van der Waals surface area contributed by atoms with Crippen molar-refractivity contribution in [3.63, 3.8) is 0 Å². The van der Waals surface area contributed by atoms with Crippen molar-refractivity contribution in [1.29, 1.82) is 0 Å². The normalized spacial score (nSPS) is 39.6. The van der Waals surface area contributed by atoms with Crippen molar-refractivity contribution in [2.75, 3.05) is 19.3 Å². The van der Waals surface area contributed by atoms with Crippen LogP contribution in [-0.4, -0.2) is 59.8 Å². The van der Waals surface area contributed by atoms with E-state index in [1.807, 2.05) is 23.6 Å². The van der Waals surface area contributed by atoms with E-state index in [1.54, 1.807) is 11.3 Å². The molecule has 2 bridgehead atoms. The summed E-state index contributed by atoms with van der Waals surface area (Å²) in [6, 6.07) is 7.20. The van der Waals surface area contributed by atoms with Crippen molar-refractivity contribution in [1.82, 2.24) is 4.31 Å². The lowest BCUT2D eigenvalue weighted by Crippen LogP contribution is -2.67. The molecule has 1 aromatic carbocycles. The Kier molecular flexibility index (Phi) is 7.47. The number of ketones is 1. The monoisotopic (exact) mass is 671 g/mol. The zero-order valence-corrected chi connectivity index (χ0v) is 28.3. The van der Waals surface area contributed by atoms with Crippen LogP contribution in [0.5, 0.6) is 0 Å². The number of Topliss-reactive ketones (excluding diaryl/α,β-unsaturated/α-hetero) is 1. The number of carbonyl (C=O) groups excluding carboxylic acids is 1. The number of aliphatic hydroxyl groups is 2. The fraction of sp³-hybridized carbons (Fsp3) is 0.583. The Morgan fingerprint density at radius 1 is 1.02 bits per heavy atom. The molecule has 0 saturated heterocycles. The second kappa shape index (κ2) is 10.6. The summed E-state index contributed by atoms with van der Waals surface area (Å²) in [6.45, 7) is 4.57. The molecular formula is C36H43F2NO5S2. The van der Waals surface area contributed by atoms with E-state index in [9.17, 15) is 32.2 Å². The maximum Gasteiger partial charge on any atom is 0.211 e. The summed E-state index contributed by atoms with van der Waals surface area (Å²) in [5.41, 5.74) is -3.05. The third-order valence-electron chi connectivity index (χ3n) is 13.2. The van der Waals surface area contributed by atoms with Crippen LogP contribution in [0.4, 0.5) is 8.78 Å². The van der Waals surface area contributed by atoms with E-state index in [2.05, 4.69) is 26.0 Å². The lowest BCUT2D eigenvalue weighted by Gasteiger charge is -2.71. The molecule has 0 amide bonds. The number of halogens is 2. The Bertz CT molecular complexity index is 1740. The Hall–Kier alpha value is -2.24. The van der Waals surface area contributed by atoms with E-state index in [0.29, 0.717) is 50.5 Å². The van der Waals surface area contributed by atoms with Gasteiger partial charge in [-0.05, 0) is 98.3 Å². The van der Waals surface area contributed by atoms with Crippen LogP contribution in [0, 0.1) is 45.1 Å². The SMILES string of the molecule is CC12CCC(O)CC13C=CC1(C(C(=O)c4ccc(F)c(F)c4)=C3)C2CCC2(C)C1CCC2(O)CN(CCc1cccs1)S(C)(=O)=O. The number of aliphatic hydroxyl groups excluding tert-OH is 1. The first kappa shape index (κ1) is 32.3. The molecule has 0 radical (unpaired) electrons. The predicted molar refractivity (Wildman–Crippen MR) is 174 cm³/mol. The second-order valence-corrected chi connectivity index (χ2v) is 18.2. The van der Waals surface area contributed by atoms with Crippen LogP contribution in [0.1, 0.15) is 74.0 Å². The standard InChI is InChI=1S/C36H43F2NO5S2/c1-32-12-8-24(40)20-34(32)15-16-36(26(21-34)31(41)23-6-7-27(37)28(38)19-23)29(32)9-13-33(2)30(36)10-14-35(33,42)22-39(46(3,43)44)17-11-25-5-4-18-45-25/h4-7,15-16,18-19,21,24,29-30,40,42H,8-14,17,20,22H2,1-3H3. The molecule has 8 rings (SSSR count). The molecule has 3 fully saturated rings. The summed E-state index contributed by atoms with van der Waals surface area (Å²) in [5.74, 6) is -2.63. The number of rotatable bonds is 8. The van der Waals surface area contributed by atoms with Crippen molar-refractivity contribution in [2.45, 2.75) is 76.9 Å². The first-order valence-corrected chi connectivity index (χ1v) is 19.1. The average Bonchev–Trinajstić information content (AvgIpc) is 3.61. The summed E-state index contributed by atoms with van der Waals surface area (Å²) in [7, 11) is -3.64. The van der Waals surface area contributed by atoms with Crippen LogP contribution < -0.4 is 0 Å². The Morgan fingerprint density at radius 2 is 1.74 bits per heavy atom. The Balaban J connectivity index is 1.32. The van der Waals surface area contributed by atoms with Crippen LogP contribution in [-0.2, 0) is 16.4 Å². The third-order valence-corrected chi connectivity index (χ3v) is 15.4. The van der Waals surface area contributed by atoms with Crippen LogP contribution >= 0.6 is 11.3 Å². The third kappa shape index (κ3) is 4.46. The van der Waals surface area contributed by atoms with Gasteiger partial charge in [-0.2, -0.15) is 4.31 Å². The van der Waals surface area contributed by atoms with Gasteiger partial charge in [0.1, 0.15) is 0 Å². The Labute approximate surface area is 274 Å². The number of carbonyl (C=O) groups is 1. The summed E-state index contributed by atoms with van der Waals surface area (Å²) in [5, 5.41) is 25.5. The van der Waals surface area contributed by atoms with Crippen LogP contribution in [0.25, 0.3) is 0 Å². The maximum atomic E-state index is 14.5. The highest BCUT2D eigenvalue weighted by atomic mass is 32.2. The fourth-order valence-electron chi connectivity index (χ4n) is 10.7. The minimum Gasteiger partial charge on any atom is -0.393 e. The number of benzene rings is 1. The van der Waals surface area contributed by atoms with Gasteiger partial charge >= 0.3 is 0 Å². The van der Waals surface area contributed by atoms with Gasteiger partial charge in [-0.1, -0.05) is 38.1 Å². The molecule has 2 aromatic rings. The van der Waals surface area contributed by atoms with E-state index >= 15 is 0 Å². The number of allylic oxidation sites excluding steroid dienone is 4. The summed E-state index contributed by atoms with van der Waals surface area (Å²) in [4.78, 5) is 15.6. The molecule has 10 heteroatoms. The van der Waals surface area contributed by atoms with Crippen molar-refractivity contribution in [2.24, 2.45) is 33.5 Å². The van der Waals surface area contributed by atoms with Gasteiger partial charge in [-0.15, -0.1) is 11.3 Å². The van der Waals surface area contributed by atoms with Gasteiger partial charge < -0.3 is 10.2 Å². The van der Waals surface area contributed by atoms with E-state index < -0.39 is 49.6 Å². The largest absolute Gasteiger partial charge is 0.393 e. The first-order chi connectivity index (χ1) is 21.6. The quantitative estimate of drug-likeness (QED) is 0.254. The molecule has 3 saturated carbocycles. The van der Waals surface area contributed by atoms with Gasteiger partial charge in [0, 0.05) is 45.3 Å². The minimum atomic E-state index is -3.64. The van der Waals surface area contributed by atoms with Gasteiger partial charge in [-0.3, -0.25) is 4.79 Å². The maximum absolute atomic E-state index is 14.5. The molecule has 1 heterocycles. The summed E-state index contributed by atoms with van der Waals surface area (Å²) < 4.78 is 56.0. The highest BCUT2D eigenvalue weighted by Crippen LogP contribution is 2.78. The van der Waals surface area contributed by atoms with Crippen LogP contribution in [0.15, 0.2) is 59.5 Å². The lowest BCUT2D eigenvalue weighted by atomic mass is 9.32. The van der Waals surface area contributed by atoms with Gasteiger partial charge in [0.25, 0.3) is 0 Å². The predicted octanol–water partition coefficient (Wildman–Crippen LogP) is 6.30. The molecule has 2 N–H and O–H groups in total. The summed E-state index contributed by atoms with van der Waals surface area (Å²) in [6.07, 6.45) is 11.9. The van der Waals surface area contributed by atoms with Crippen molar-refractivity contribution < 1.29 is 32.2 Å². The zero-order valence-electron chi connectivity index (χ0n) is 26.6. The summed E-state index contributed by atoms with van der Waals surface area (Å²) >= 11 is 1.58. The number of thiophene rings is 1. The van der Waals surface area contributed by atoms with Crippen molar-refractivity contribution >= 4 is 27.1 Å². The molecule has 1 aromatic heterocycles. The van der Waals surface area contributed by atoms with Crippen LogP contribution in [0.3, 0.4) is 0 Å². The van der Waals surface area contributed by atoms with Gasteiger partial charge in [0.05, 0.1) is 18.0 Å². The number of sulfonamides is 1. The van der Waals surface area contributed by atoms with Gasteiger partial charge in [0.15, 0.2) is 17.4 Å². The molecule has 6 nitrogen and oxygen atoms in total. The molecular weight excluding hydrogens is 629 g/mol. The van der Waals surface area contributed by atoms with Crippen molar-refractivity contribution in [3.8, 4) is 0 Å². The average molecular weight is 672 g/mol. The van der Waals surface area contributed by atoms with Crippen LogP contribution in [0.2, 0.25) is 0 Å². The van der Waals surface area contributed by atoms with Gasteiger partial charge in [-0.25, -0.2) is 17.2 Å². The highest BCUT2D eigenvalue weighted by molar-refractivity contribution is 7.88. The molecule has 2 spiro atoms. The molecule has 8 unspecified atom stereocenters. The van der Waals surface area contributed by atoms with E-state index in [4.69, 9.17) is 0 Å². The topological polar surface area (TPSA) is 94.9 Å². The van der Waals surface area contributed by atoms with E-state index in [1.165, 1.54) is 16.6 Å². The molecule has 0 aliphatic heterocycles. The van der Waals surface area contributed by atoms with Gasteiger partial charge in [0.2, 0.25) is 10.0 Å². The molecule has 248 valence electrons. The van der Waals surface area contributed by atoms with Crippen molar-refractivity contribution in [3.05, 3.63) is 81.6 Å². The highest BCUT2D eigenvalue weighted by Gasteiger charge is 2.74. The van der Waals surface area contributed by atoms with E-state index in [-0.39, 0.29) is 41.7 Å². The minimum absolute atomic E-state index is 0.0250. The second-order valence-electron chi connectivity index (χ2n) is 15.2. The zero-order chi connectivity index (χ0) is 32.9. The smallest absolute Gasteiger partial charge is 0.211 e. The molecule has 46 heavy (non-hydrogen) atoms. The number of hydrogen-bond acceptors (Lipinski definition) is 6. The molecule has 6 aliphatic carbocycles. The number of fused-ring (bicyclic) bond motifs is 1. The molecule has 6 aliphatic rings. The molecule has 8 atom stereocenters. The van der Waals surface area contributed by atoms with E-state index in [0.717, 1.165) is 23.4 Å². The fourth-order valence-corrected chi connectivity index (χ4v) is 12.3. The number of hydrogen-bond donors (Lipinski definition) is 2.